The normalized spacial score (nSPS) is 16.9. The molecule has 112 valence electrons. The maximum Gasteiger partial charge on any atom is 0.142 e. The van der Waals surface area contributed by atoms with Gasteiger partial charge in [-0.05, 0) is 42.4 Å². The summed E-state index contributed by atoms with van der Waals surface area (Å²) in [5.41, 5.74) is 10.8. The first-order valence-corrected chi connectivity index (χ1v) is 8.41. The van der Waals surface area contributed by atoms with Gasteiger partial charge in [0.05, 0.1) is 0 Å². The second-order valence-corrected chi connectivity index (χ2v) is 6.64. The summed E-state index contributed by atoms with van der Waals surface area (Å²) in [5, 5.41) is 9.59. The lowest BCUT2D eigenvalue weighted by Crippen LogP contribution is -2.18. The van der Waals surface area contributed by atoms with E-state index in [2.05, 4.69) is 33.9 Å². The van der Waals surface area contributed by atoms with Gasteiger partial charge in [0.25, 0.3) is 0 Å². The Morgan fingerprint density at radius 1 is 1.41 bits per heavy atom. The molecule has 0 saturated carbocycles. The molecule has 3 rings (SSSR count). The van der Waals surface area contributed by atoms with Gasteiger partial charge in [-0.15, -0.1) is 0 Å². The molecule has 0 amide bonds. The first kappa shape index (κ1) is 15.1. The van der Waals surface area contributed by atoms with Gasteiger partial charge >= 0.3 is 0 Å². The van der Waals surface area contributed by atoms with Crippen LogP contribution in [0.5, 0.6) is 0 Å². The Labute approximate surface area is 139 Å². The van der Waals surface area contributed by atoms with Crippen LogP contribution in [0, 0.1) is 17.2 Å². The van der Waals surface area contributed by atoms with E-state index in [0.29, 0.717) is 17.3 Å². The number of anilines is 1. The van der Waals surface area contributed by atoms with Gasteiger partial charge in [0, 0.05) is 15.7 Å². The van der Waals surface area contributed by atoms with Crippen molar-refractivity contribution in [3.8, 4) is 17.2 Å². The molecule has 1 atom stereocenters. The molecule has 0 radical (unpaired) electrons. The van der Waals surface area contributed by atoms with Crippen molar-refractivity contribution < 1.29 is 0 Å². The molecule has 4 heteroatoms. The maximum absolute atomic E-state index is 9.59. The van der Waals surface area contributed by atoms with Crippen molar-refractivity contribution in [3.63, 3.8) is 0 Å². The number of aromatic nitrogens is 1. The topological polar surface area (TPSA) is 62.7 Å². The number of nitrogen functional groups attached to an aromatic ring is 1. The summed E-state index contributed by atoms with van der Waals surface area (Å²) < 4.78 is 0.984. The number of hydrogen-bond acceptors (Lipinski definition) is 3. The van der Waals surface area contributed by atoms with Crippen LogP contribution in [0.25, 0.3) is 11.1 Å². The Bertz CT molecular complexity index is 762. The smallest absolute Gasteiger partial charge is 0.142 e. The number of nitrogens with two attached hydrogens (primary N) is 1. The molecule has 3 nitrogen and oxygen atoms in total. The Kier molecular flexibility index (Phi) is 4.17. The van der Waals surface area contributed by atoms with Gasteiger partial charge < -0.3 is 5.73 Å². The third kappa shape index (κ3) is 2.50. The molecule has 2 N–H and O–H groups in total. The third-order valence-corrected chi connectivity index (χ3v) is 5.22. The lowest BCUT2D eigenvalue weighted by atomic mass is 9.80. The van der Waals surface area contributed by atoms with E-state index in [0.717, 1.165) is 47.0 Å². The predicted octanol–water partition coefficient (Wildman–Crippen LogP) is 4.48. The molecule has 1 unspecified atom stereocenters. The number of rotatable bonds is 2. The molecular weight excluding hydrogens is 338 g/mol. The Balaban J connectivity index is 2.30. The molecule has 1 aliphatic carbocycles. The number of pyridine rings is 1. The first-order valence-electron chi connectivity index (χ1n) is 7.61. The molecule has 0 saturated heterocycles. The summed E-state index contributed by atoms with van der Waals surface area (Å²) in [4.78, 5) is 4.51. The summed E-state index contributed by atoms with van der Waals surface area (Å²) in [6.45, 7) is 2.23. The van der Waals surface area contributed by atoms with E-state index in [9.17, 15) is 5.26 Å². The molecule has 0 spiro atoms. The number of hydrogen-bond donors (Lipinski definition) is 1. The lowest BCUT2D eigenvalue weighted by molar-refractivity contribution is 0.440. The maximum atomic E-state index is 9.59. The van der Waals surface area contributed by atoms with Crippen LogP contribution in [0.2, 0.25) is 0 Å². The van der Waals surface area contributed by atoms with E-state index >= 15 is 0 Å². The third-order valence-electron chi connectivity index (χ3n) is 4.53. The fourth-order valence-corrected chi connectivity index (χ4v) is 3.76. The van der Waals surface area contributed by atoms with Crippen molar-refractivity contribution in [3.05, 3.63) is 45.6 Å². The van der Waals surface area contributed by atoms with E-state index in [1.165, 1.54) is 5.56 Å². The van der Waals surface area contributed by atoms with Gasteiger partial charge in [-0.1, -0.05) is 47.5 Å². The van der Waals surface area contributed by atoms with Crippen LogP contribution in [0.3, 0.4) is 0 Å². The number of aryl methyl sites for hydroxylation is 1. The molecule has 1 heterocycles. The van der Waals surface area contributed by atoms with Crippen molar-refractivity contribution in [2.24, 2.45) is 5.92 Å². The zero-order chi connectivity index (χ0) is 15.7. The van der Waals surface area contributed by atoms with Crippen LogP contribution in [0.4, 0.5) is 5.82 Å². The van der Waals surface area contributed by atoms with Crippen LogP contribution in [0.15, 0.2) is 28.7 Å². The van der Waals surface area contributed by atoms with E-state index < -0.39 is 0 Å². The summed E-state index contributed by atoms with van der Waals surface area (Å²) in [5.74, 6) is 1.01. The Hall–Kier alpha value is -1.86. The zero-order valence-electron chi connectivity index (χ0n) is 12.6. The highest BCUT2D eigenvalue weighted by Crippen LogP contribution is 2.40. The number of benzene rings is 1. The average molecular weight is 356 g/mol. The number of nitriles is 1. The largest absolute Gasteiger partial charge is 0.383 e. The monoisotopic (exact) mass is 355 g/mol. The summed E-state index contributed by atoms with van der Waals surface area (Å²) in [7, 11) is 0. The minimum Gasteiger partial charge on any atom is -0.383 e. The van der Waals surface area contributed by atoms with Crippen molar-refractivity contribution >= 4 is 21.7 Å². The SMILES string of the molecule is CCC1CCc2nc(N)c(C#N)c(-c3ccccc3Br)c2C1. The van der Waals surface area contributed by atoms with Crippen molar-refractivity contribution in [1.29, 1.82) is 5.26 Å². The van der Waals surface area contributed by atoms with E-state index in [1.54, 1.807) is 0 Å². The predicted molar refractivity (Wildman–Crippen MR) is 92.3 cm³/mol. The van der Waals surface area contributed by atoms with Crippen molar-refractivity contribution in [2.45, 2.75) is 32.6 Å². The summed E-state index contributed by atoms with van der Waals surface area (Å²) in [6.07, 6.45) is 4.23. The van der Waals surface area contributed by atoms with Crippen LogP contribution in [-0.2, 0) is 12.8 Å². The minimum atomic E-state index is 0.349. The minimum absolute atomic E-state index is 0.349. The van der Waals surface area contributed by atoms with E-state index in [-0.39, 0.29) is 0 Å². The molecule has 0 aliphatic heterocycles. The molecule has 0 fully saturated rings. The van der Waals surface area contributed by atoms with Gasteiger partial charge in [0.2, 0.25) is 0 Å². The number of halogens is 1. The fourth-order valence-electron chi connectivity index (χ4n) is 3.27. The highest BCUT2D eigenvalue weighted by molar-refractivity contribution is 9.10. The van der Waals surface area contributed by atoms with Gasteiger partial charge in [-0.2, -0.15) is 5.26 Å². The van der Waals surface area contributed by atoms with Gasteiger partial charge in [-0.25, -0.2) is 4.98 Å². The highest BCUT2D eigenvalue weighted by atomic mass is 79.9. The molecular formula is C18H18BrN3. The second kappa shape index (κ2) is 6.10. The first-order chi connectivity index (χ1) is 10.7. The Morgan fingerprint density at radius 2 is 2.18 bits per heavy atom. The fraction of sp³-hybridized carbons (Fsp3) is 0.333. The van der Waals surface area contributed by atoms with Gasteiger partial charge in [0.15, 0.2) is 0 Å². The van der Waals surface area contributed by atoms with E-state index in [4.69, 9.17) is 5.73 Å². The van der Waals surface area contributed by atoms with Crippen molar-refractivity contribution in [1.82, 2.24) is 4.98 Å². The molecule has 1 aromatic carbocycles. The molecule has 1 aliphatic rings. The van der Waals surface area contributed by atoms with Crippen LogP contribution < -0.4 is 5.73 Å². The quantitative estimate of drug-likeness (QED) is 0.863. The van der Waals surface area contributed by atoms with E-state index in [1.807, 2.05) is 24.3 Å². The van der Waals surface area contributed by atoms with Crippen LogP contribution >= 0.6 is 15.9 Å². The standard InChI is InChI=1S/C18H18BrN3/c1-2-11-7-8-16-13(9-11)17(14(10-20)18(21)22-16)12-5-3-4-6-15(12)19/h3-6,11H,2,7-9H2,1H3,(H2,21,22). The van der Waals surface area contributed by atoms with Crippen LogP contribution in [-0.4, -0.2) is 4.98 Å². The molecule has 2 aromatic rings. The summed E-state index contributed by atoms with van der Waals surface area (Å²) >= 11 is 3.61. The van der Waals surface area contributed by atoms with Gasteiger partial charge in [-0.3, -0.25) is 0 Å². The highest BCUT2D eigenvalue weighted by Gasteiger charge is 2.26. The number of fused-ring (bicyclic) bond motifs is 1. The molecule has 0 bridgehead atoms. The zero-order valence-corrected chi connectivity index (χ0v) is 14.2. The number of nitrogens with zero attached hydrogens (tertiary/aromatic N) is 2. The molecule has 1 aromatic heterocycles. The second-order valence-electron chi connectivity index (χ2n) is 5.78. The average Bonchev–Trinajstić information content (AvgIpc) is 2.54. The molecule has 22 heavy (non-hydrogen) atoms. The summed E-state index contributed by atoms with van der Waals surface area (Å²) in [6, 6.07) is 10.3. The van der Waals surface area contributed by atoms with Gasteiger partial charge in [0.1, 0.15) is 17.5 Å². The van der Waals surface area contributed by atoms with Crippen LogP contribution in [0.1, 0.15) is 36.6 Å². The lowest BCUT2D eigenvalue weighted by Gasteiger charge is -2.26. The van der Waals surface area contributed by atoms with Crippen molar-refractivity contribution in [2.75, 3.05) is 5.73 Å². The Morgan fingerprint density at radius 3 is 2.86 bits per heavy atom.